The smallest absolute Gasteiger partial charge is 0.0470 e. The lowest BCUT2D eigenvalue weighted by atomic mass is 10.0. The second kappa shape index (κ2) is 5.50. The number of pyridine rings is 1. The van der Waals surface area contributed by atoms with Crippen LogP contribution in [0.2, 0.25) is 0 Å². The summed E-state index contributed by atoms with van der Waals surface area (Å²) in [5.74, 6) is 8.13. The first kappa shape index (κ1) is 11.7. The largest absolute Gasteiger partial charge is 0.271 e. The van der Waals surface area contributed by atoms with Crippen LogP contribution in [0.4, 0.5) is 0 Å². The summed E-state index contributed by atoms with van der Waals surface area (Å²) in [6, 6.07) is 4.18. The number of nitrogens with zero attached hydrogens (tertiary/aromatic N) is 1. The quantitative estimate of drug-likeness (QED) is 0.444. The molecule has 0 aliphatic carbocycles. The second-order valence-electron chi connectivity index (χ2n) is 3.65. The van der Waals surface area contributed by atoms with Crippen molar-refractivity contribution in [3.63, 3.8) is 0 Å². The lowest BCUT2D eigenvalue weighted by molar-refractivity contribution is 0.522. The van der Waals surface area contributed by atoms with Gasteiger partial charge in [0.05, 0.1) is 0 Å². The monoisotopic (exact) mass is 203 g/mol. The van der Waals surface area contributed by atoms with Crippen LogP contribution in [-0.2, 0) is 0 Å². The number of nitrogens with one attached hydrogen (secondary N) is 1. The van der Waals surface area contributed by atoms with E-state index in [0.717, 1.165) is 29.8 Å². The minimum atomic E-state index is 0.112. The van der Waals surface area contributed by atoms with E-state index in [1.54, 1.807) is 0 Å². The molecule has 0 aliphatic rings. The minimum Gasteiger partial charge on any atom is -0.271 e. The average molecular weight is 203 g/mol. The number of hydrazine groups is 1. The Balaban J connectivity index is 2.87. The Labute approximate surface area is 91.1 Å². The van der Waals surface area contributed by atoms with Gasteiger partial charge < -0.3 is 0 Å². The van der Waals surface area contributed by atoms with Crippen molar-refractivity contribution in [2.24, 2.45) is 5.84 Å². The first-order valence-electron chi connectivity index (χ1n) is 5.02. The first-order chi connectivity index (χ1) is 7.17. The normalized spacial score (nSPS) is 12.1. The van der Waals surface area contributed by atoms with Gasteiger partial charge in [-0.25, -0.2) is 0 Å². The molecule has 1 aromatic heterocycles. The van der Waals surface area contributed by atoms with Gasteiger partial charge in [-0.2, -0.15) is 0 Å². The highest BCUT2D eigenvalue weighted by Crippen LogP contribution is 2.18. The van der Waals surface area contributed by atoms with E-state index < -0.39 is 0 Å². The van der Waals surface area contributed by atoms with E-state index >= 15 is 0 Å². The molecule has 0 aromatic carbocycles. The SMILES string of the molecule is C#CCCC(NN)c1cc(C)nc(C)c1. The highest BCUT2D eigenvalue weighted by Gasteiger charge is 2.09. The van der Waals surface area contributed by atoms with Gasteiger partial charge in [0, 0.05) is 23.9 Å². The molecule has 0 radical (unpaired) electrons. The molecule has 0 amide bonds. The van der Waals surface area contributed by atoms with Crippen LogP contribution in [0.5, 0.6) is 0 Å². The molecule has 0 spiro atoms. The van der Waals surface area contributed by atoms with E-state index in [9.17, 15) is 0 Å². The molecule has 3 heteroatoms. The molecular formula is C12H17N3. The van der Waals surface area contributed by atoms with Gasteiger partial charge in [0.25, 0.3) is 0 Å². The fraction of sp³-hybridized carbons (Fsp3) is 0.417. The summed E-state index contributed by atoms with van der Waals surface area (Å²) >= 11 is 0. The van der Waals surface area contributed by atoms with E-state index in [1.807, 2.05) is 26.0 Å². The minimum absolute atomic E-state index is 0.112. The molecule has 0 saturated heterocycles. The molecule has 1 atom stereocenters. The van der Waals surface area contributed by atoms with Crippen LogP contribution in [0.1, 0.15) is 35.8 Å². The summed E-state index contributed by atoms with van der Waals surface area (Å²) in [6.45, 7) is 3.95. The predicted molar refractivity (Wildman–Crippen MR) is 61.8 cm³/mol. The van der Waals surface area contributed by atoms with Crippen LogP contribution >= 0.6 is 0 Å². The first-order valence-corrected chi connectivity index (χ1v) is 5.02. The van der Waals surface area contributed by atoms with Gasteiger partial charge >= 0.3 is 0 Å². The number of terminal acetylenes is 1. The molecule has 3 nitrogen and oxygen atoms in total. The number of aryl methyl sites for hydroxylation is 2. The molecule has 3 N–H and O–H groups in total. The molecule has 15 heavy (non-hydrogen) atoms. The molecule has 80 valence electrons. The molecule has 0 fully saturated rings. The van der Waals surface area contributed by atoms with Gasteiger partial charge in [0.1, 0.15) is 0 Å². The molecule has 0 bridgehead atoms. The van der Waals surface area contributed by atoms with Crippen molar-refractivity contribution >= 4 is 0 Å². The van der Waals surface area contributed by atoms with E-state index in [1.165, 1.54) is 0 Å². The van der Waals surface area contributed by atoms with Crippen molar-refractivity contribution in [3.05, 3.63) is 29.1 Å². The van der Waals surface area contributed by atoms with Crippen LogP contribution in [0, 0.1) is 26.2 Å². The maximum absolute atomic E-state index is 5.51. The van der Waals surface area contributed by atoms with Gasteiger partial charge in [-0.3, -0.25) is 16.3 Å². The highest BCUT2D eigenvalue weighted by molar-refractivity contribution is 5.23. The van der Waals surface area contributed by atoms with Crippen LogP contribution in [-0.4, -0.2) is 4.98 Å². The van der Waals surface area contributed by atoms with Crippen molar-refractivity contribution in [1.29, 1.82) is 0 Å². The van der Waals surface area contributed by atoms with Crippen LogP contribution in [0.3, 0.4) is 0 Å². The summed E-state index contributed by atoms with van der Waals surface area (Å²) in [5.41, 5.74) is 5.95. The molecule has 1 heterocycles. The Kier molecular flexibility index (Phi) is 4.29. The zero-order chi connectivity index (χ0) is 11.3. The van der Waals surface area contributed by atoms with E-state index in [0.29, 0.717) is 0 Å². The van der Waals surface area contributed by atoms with Gasteiger partial charge in [0.15, 0.2) is 0 Å². The number of hydrogen-bond donors (Lipinski definition) is 2. The van der Waals surface area contributed by atoms with Crippen molar-refractivity contribution in [2.45, 2.75) is 32.7 Å². The third kappa shape index (κ3) is 3.35. The Hall–Kier alpha value is -1.37. The van der Waals surface area contributed by atoms with Crippen molar-refractivity contribution in [3.8, 4) is 12.3 Å². The number of hydrogen-bond acceptors (Lipinski definition) is 3. The van der Waals surface area contributed by atoms with Crippen molar-refractivity contribution in [1.82, 2.24) is 10.4 Å². The summed E-state index contributed by atoms with van der Waals surface area (Å²) < 4.78 is 0. The number of rotatable bonds is 4. The van der Waals surface area contributed by atoms with Crippen LogP contribution in [0.25, 0.3) is 0 Å². The third-order valence-electron chi connectivity index (χ3n) is 2.28. The zero-order valence-corrected chi connectivity index (χ0v) is 9.25. The van der Waals surface area contributed by atoms with Gasteiger partial charge in [-0.15, -0.1) is 12.3 Å². The van der Waals surface area contributed by atoms with Crippen LogP contribution < -0.4 is 11.3 Å². The van der Waals surface area contributed by atoms with Crippen molar-refractivity contribution in [2.75, 3.05) is 0 Å². The Morgan fingerprint density at radius 3 is 2.53 bits per heavy atom. The standard InChI is InChI=1S/C12H17N3/c1-4-5-6-12(15-13)11-7-9(2)14-10(3)8-11/h1,7-8,12,15H,5-6,13H2,2-3H3. The summed E-state index contributed by atoms with van der Waals surface area (Å²) in [7, 11) is 0. The zero-order valence-electron chi connectivity index (χ0n) is 9.25. The molecule has 1 rings (SSSR count). The Morgan fingerprint density at radius 1 is 1.47 bits per heavy atom. The Morgan fingerprint density at radius 2 is 2.07 bits per heavy atom. The van der Waals surface area contributed by atoms with Gasteiger partial charge in [-0.1, -0.05) is 0 Å². The lowest BCUT2D eigenvalue weighted by Gasteiger charge is -2.15. The summed E-state index contributed by atoms with van der Waals surface area (Å²) in [6.07, 6.45) is 6.80. The fourth-order valence-electron chi connectivity index (χ4n) is 1.64. The third-order valence-corrected chi connectivity index (χ3v) is 2.28. The van der Waals surface area contributed by atoms with E-state index in [-0.39, 0.29) is 6.04 Å². The fourth-order valence-corrected chi connectivity index (χ4v) is 1.64. The molecule has 1 aromatic rings. The lowest BCUT2D eigenvalue weighted by Crippen LogP contribution is -2.28. The van der Waals surface area contributed by atoms with E-state index in [4.69, 9.17) is 12.3 Å². The van der Waals surface area contributed by atoms with Gasteiger partial charge in [-0.05, 0) is 38.0 Å². The second-order valence-corrected chi connectivity index (χ2v) is 3.65. The van der Waals surface area contributed by atoms with Crippen LogP contribution in [0.15, 0.2) is 12.1 Å². The number of aromatic nitrogens is 1. The molecule has 0 saturated carbocycles. The Bertz CT molecular complexity index is 345. The number of nitrogens with two attached hydrogens (primary N) is 1. The molecule has 1 unspecified atom stereocenters. The molecule has 0 aliphatic heterocycles. The maximum atomic E-state index is 5.51. The molecular weight excluding hydrogens is 186 g/mol. The maximum Gasteiger partial charge on any atom is 0.0470 e. The van der Waals surface area contributed by atoms with E-state index in [2.05, 4.69) is 16.3 Å². The summed E-state index contributed by atoms with van der Waals surface area (Å²) in [5, 5.41) is 0. The topological polar surface area (TPSA) is 50.9 Å². The summed E-state index contributed by atoms with van der Waals surface area (Å²) in [4.78, 5) is 4.32. The van der Waals surface area contributed by atoms with Gasteiger partial charge in [0.2, 0.25) is 0 Å². The predicted octanol–water partition coefficient (Wildman–Crippen LogP) is 1.62. The van der Waals surface area contributed by atoms with Crippen molar-refractivity contribution < 1.29 is 0 Å². The highest BCUT2D eigenvalue weighted by atomic mass is 15.2. The average Bonchev–Trinajstić information content (AvgIpc) is 2.17.